The van der Waals surface area contributed by atoms with Crippen LogP contribution in [0, 0.1) is 19.3 Å². The molecule has 1 spiro atoms. The van der Waals surface area contributed by atoms with Crippen LogP contribution < -0.4 is 5.32 Å². The van der Waals surface area contributed by atoms with Gasteiger partial charge in [0.2, 0.25) is 5.90 Å². The van der Waals surface area contributed by atoms with Crippen molar-refractivity contribution in [2.45, 2.75) is 58.5 Å². The van der Waals surface area contributed by atoms with Crippen LogP contribution in [0.5, 0.6) is 0 Å². The van der Waals surface area contributed by atoms with Gasteiger partial charge in [0.1, 0.15) is 11.2 Å². The Bertz CT molecular complexity index is 677. The third kappa shape index (κ3) is 2.67. The molecule has 1 amide bonds. The lowest BCUT2D eigenvalue weighted by molar-refractivity contribution is -0.112. The summed E-state index contributed by atoms with van der Waals surface area (Å²) in [7, 11) is 0. The quantitative estimate of drug-likeness (QED) is 0.856. The molecule has 4 nitrogen and oxygen atoms in total. The summed E-state index contributed by atoms with van der Waals surface area (Å²) in [5, 5.41) is 11.1. The second-order valence-electron chi connectivity index (χ2n) is 6.71. The average molecular weight is 312 g/mol. The zero-order valence-electron chi connectivity index (χ0n) is 14.1. The van der Waals surface area contributed by atoms with Gasteiger partial charge in [-0.05, 0) is 63.2 Å². The van der Waals surface area contributed by atoms with E-state index in [-0.39, 0.29) is 11.8 Å². The molecule has 1 aliphatic carbocycles. The number of hydrogen-bond acceptors (Lipinski definition) is 3. The smallest absolute Gasteiger partial charge is 0.261 e. The number of nitrogens with one attached hydrogen (secondary N) is 2. The van der Waals surface area contributed by atoms with E-state index in [1.165, 1.54) is 6.42 Å². The van der Waals surface area contributed by atoms with Crippen molar-refractivity contribution in [3.05, 3.63) is 40.5 Å². The van der Waals surface area contributed by atoms with Gasteiger partial charge in [0, 0.05) is 5.69 Å². The first kappa shape index (κ1) is 15.8. The normalized spacial score (nSPS) is 19.9. The van der Waals surface area contributed by atoms with Gasteiger partial charge in [-0.2, -0.15) is 0 Å². The molecule has 0 unspecified atom stereocenters. The molecule has 122 valence electrons. The summed E-state index contributed by atoms with van der Waals surface area (Å²) in [6.07, 6.45) is 5.20. The van der Waals surface area contributed by atoms with E-state index in [4.69, 9.17) is 10.1 Å². The van der Waals surface area contributed by atoms with Gasteiger partial charge in [-0.15, -0.1) is 0 Å². The molecule has 1 aromatic rings. The Balaban J connectivity index is 1.91. The molecule has 0 aromatic heterocycles. The summed E-state index contributed by atoms with van der Waals surface area (Å²) in [5.74, 6) is -0.208. The van der Waals surface area contributed by atoms with E-state index in [0.717, 1.165) is 48.1 Å². The summed E-state index contributed by atoms with van der Waals surface area (Å²) in [4.78, 5) is 12.8. The highest BCUT2D eigenvalue weighted by atomic mass is 16.5. The number of ether oxygens (including phenoxy) is 1. The number of benzene rings is 1. The van der Waals surface area contributed by atoms with Crippen molar-refractivity contribution in [3.8, 4) is 0 Å². The van der Waals surface area contributed by atoms with Gasteiger partial charge in [0.15, 0.2) is 0 Å². The summed E-state index contributed by atoms with van der Waals surface area (Å²) in [6, 6.07) is 5.93. The maximum atomic E-state index is 12.8. The van der Waals surface area contributed by atoms with Crippen molar-refractivity contribution in [1.82, 2.24) is 0 Å². The lowest BCUT2D eigenvalue weighted by Gasteiger charge is -2.33. The molecule has 23 heavy (non-hydrogen) atoms. The van der Waals surface area contributed by atoms with E-state index in [9.17, 15) is 4.79 Å². The van der Waals surface area contributed by atoms with Crippen LogP contribution in [0.4, 0.5) is 5.69 Å². The van der Waals surface area contributed by atoms with Gasteiger partial charge in [-0.1, -0.05) is 24.6 Å². The first-order valence-corrected chi connectivity index (χ1v) is 8.31. The zero-order valence-corrected chi connectivity index (χ0v) is 14.1. The highest BCUT2D eigenvalue weighted by molar-refractivity contribution is 6.24. The minimum atomic E-state index is -0.414. The Kier molecular flexibility index (Phi) is 4.00. The van der Waals surface area contributed by atoms with Crippen molar-refractivity contribution in [3.63, 3.8) is 0 Å². The number of anilines is 1. The fourth-order valence-corrected chi connectivity index (χ4v) is 3.78. The molecule has 2 N–H and O–H groups in total. The SMILES string of the molecule is CC1=C(C(=O)Nc2c(C)cccc2C)C(=N)OC12CCCCC2. The largest absolute Gasteiger partial charge is 0.466 e. The molecule has 0 saturated heterocycles. The van der Waals surface area contributed by atoms with Crippen LogP contribution in [0.25, 0.3) is 0 Å². The standard InChI is InChI=1S/C19H24N2O2/c1-12-8-7-9-13(2)16(12)21-18(22)15-14(3)19(23-17(15)20)10-5-4-6-11-19/h7-9,20H,4-6,10-11H2,1-3H3,(H,21,22). The molecule has 4 heteroatoms. The van der Waals surface area contributed by atoms with E-state index >= 15 is 0 Å². The number of para-hydroxylation sites is 1. The van der Waals surface area contributed by atoms with Gasteiger partial charge in [-0.3, -0.25) is 10.2 Å². The van der Waals surface area contributed by atoms with E-state index in [2.05, 4.69) is 5.32 Å². The molecule has 2 aliphatic rings. The molecule has 1 aromatic carbocycles. The molecule has 0 bridgehead atoms. The van der Waals surface area contributed by atoms with Crippen molar-refractivity contribution in [2.24, 2.45) is 0 Å². The molecular weight excluding hydrogens is 288 g/mol. The fraction of sp³-hybridized carbons (Fsp3) is 0.474. The number of amides is 1. The Morgan fingerprint density at radius 1 is 1.13 bits per heavy atom. The van der Waals surface area contributed by atoms with Crippen molar-refractivity contribution >= 4 is 17.5 Å². The molecular formula is C19H24N2O2. The average Bonchev–Trinajstić information content (AvgIpc) is 2.74. The van der Waals surface area contributed by atoms with Crippen molar-refractivity contribution in [2.75, 3.05) is 5.32 Å². The van der Waals surface area contributed by atoms with E-state index in [0.29, 0.717) is 5.57 Å². The van der Waals surface area contributed by atoms with Gasteiger partial charge in [-0.25, -0.2) is 0 Å². The van der Waals surface area contributed by atoms with Gasteiger partial charge in [0.25, 0.3) is 5.91 Å². The molecule has 0 radical (unpaired) electrons. The third-order valence-corrected chi connectivity index (χ3v) is 5.19. The number of aryl methyl sites for hydroxylation is 2. The minimum absolute atomic E-state index is 0.0214. The van der Waals surface area contributed by atoms with Crippen molar-refractivity contribution < 1.29 is 9.53 Å². The van der Waals surface area contributed by atoms with Crippen LogP contribution in [0.15, 0.2) is 29.3 Å². The molecule has 1 heterocycles. The summed E-state index contributed by atoms with van der Waals surface area (Å²) >= 11 is 0. The monoisotopic (exact) mass is 312 g/mol. The van der Waals surface area contributed by atoms with Gasteiger partial charge >= 0.3 is 0 Å². The fourth-order valence-electron chi connectivity index (χ4n) is 3.78. The maximum absolute atomic E-state index is 12.8. The molecule has 1 fully saturated rings. The van der Waals surface area contributed by atoms with Crippen LogP contribution >= 0.6 is 0 Å². The van der Waals surface area contributed by atoms with Crippen LogP contribution in [0.2, 0.25) is 0 Å². The number of rotatable bonds is 2. The zero-order chi connectivity index (χ0) is 16.6. The first-order chi connectivity index (χ1) is 10.9. The van der Waals surface area contributed by atoms with Gasteiger partial charge in [0.05, 0.1) is 0 Å². The van der Waals surface area contributed by atoms with Crippen LogP contribution in [0.1, 0.15) is 50.2 Å². The third-order valence-electron chi connectivity index (χ3n) is 5.19. The molecule has 1 saturated carbocycles. The lowest BCUT2D eigenvalue weighted by Crippen LogP contribution is -2.33. The number of hydrogen-bond donors (Lipinski definition) is 2. The van der Waals surface area contributed by atoms with Crippen molar-refractivity contribution in [1.29, 1.82) is 5.41 Å². The maximum Gasteiger partial charge on any atom is 0.261 e. The molecule has 0 atom stereocenters. The second-order valence-corrected chi connectivity index (χ2v) is 6.71. The number of carbonyl (C=O) groups is 1. The summed E-state index contributed by atoms with van der Waals surface area (Å²) < 4.78 is 5.88. The predicted octanol–water partition coefficient (Wildman–Crippen LogP) is 4.27. The Morgan fingerprint density at radius 2 is 1.74 bits per heavy atom. The molecule has 3 rings (SSSR count). The minimum Gasteiger partial charge on any atom is -0.466 e. The van der Waals surface area contributed by atoms with Crippen LogP contribution in [-0.4, -0.2) is 17.4 Å². The van der Waals surface area contributed by atoms with E-state index < -0.39 is 5.60 Å². The lowest BCUT2D eigenvalue weighted by atomic mass is 9.79. The van der Waals surface area contributed by atoms with Crippen LogP contribution in [-0.2, 0) is 9.53 Å². The topological polar surface area (TPSA) is 62.2 Å². The Hall–Kier alpha value is -2.10. The van der Waals surface area contributed by atoms with Crippen LogP contribution in [0.3, 0.4) is 0 Å². The van der Waals surface area contributed by atoms with E-state index in [1.807, 2.05) is 39.0 Å². The molecule has 1 aliphatic heterocycles. The van der Waals surface area contributed by atoms with E-state index in [1.54, 1.807) is 0 Å². The van der Waals surface area contributed by atoms with Gasteiger partial charge < -0.3 is 10.1 Å². The highest BCUT2D eigenvalue weighted by Gasteiger charge is 2.46. The predicted molar refractivity (Wildman–Crippen MR) is 91.9 cm³/mol. The second kappa shape index (κ2) is 5.84. The summed E-state index contributed by atoms with van der Waals surface area (Å²) in [5.41, 5.74) is 3.79. The highest BCUT2D eigenvalue weighted by Crippen LogP contribution is 2.43. The summed E-state index contributed by atoms with van der Waals surface area (Å²) in [6.45, 7) is 5.90. The Labute approximate surface area is 137 Å². The Morgan fingerprint density at radius 3 is 2.35 bits per heavy atom. The first-order valence-electron chi connectivity index (χ1n) is 8.31. The number of carbonyl (C=O) groups excluding carboxylic acids is 1.